The highest BCUT2D eigenvalue weighted by atomic mass is 127. The number of nitrogens with one attached hydrogen (secondary N) is 2. The lowest BCUT2D eigenvalue weighted by Crippen LogP contribution is -2.48. The van der Waals surface area contributed by atoms with Crippen molar-refractivity contribution >= 4 is 51.7 Å². The van der Waals surface area contributed by atoms with Gasteiger partial charge in [0.2, 0.25) is 10.0 Å². The van der Waals surface area contributed by atoms with Gasteiger partial charge in [0.15, 0.2) is 5.96 Å². The first-order valence-corrected chi connectivity index (χ1v) is 11.3. The molecule has 1 saturated heterocycles. The summed E-state index contributed by atoms with van der Waals surface area (Å²) in [6.07, 6.45) is 1.15. The van der Waals surface area contributed by atoms with Crippen LogP contribution in [0, 0.1) is 0 Å². The Morgan fingerprint density at radius 3 is 2.69 bits per heavy atom. The molecule has 0 aromatic heterocycles. The summed E-state index contributed by atoms with van der Waals surface area (Å²) in [5.41, 5.74) is 0. The molecule has 148 valence electrons. The molecule has 1 aliphatic heterocycles. The van der Waals surface area contributed by atoms with Gasteiger partial charge in [-0.05, 0) is 25.5 Å². The smallest absolute Gasteiger partial charge is 0.240 e. The minimum atomic E-state index is -3.46. The number of hydrogen-bond donors (Lipinski definition) is 2. The Bertz CT molecular complexity index is 656. The number of benzene rings is 1. The van der Waals surface area contributed by atoms with Crippen molar-refractivity contribution in [2.75, 3.05) is 38.5 Å². The summed E-state index contributed by atoms with van der Waals surface area (Å²) < 4.78 is 27.0. The van der Waals surface area contributed by atoms with Crippen LogP contribution in [0.5, 0.6) is 0 Å². The molecule has 0 saturated carbocycles. The van der Waals surface area contributed by atoms with Crippen molar-refractivity contribution in [2.24, 2.45) is 4.99 Å². The average Bonchev–Trinajstić information content (AvgIpc) is 2.65. The molecule has 1 heterocycles. The predicted molar refractivity (Wildman–Crippen MR) is 121 cm³/mol. The monoisotopic (exact) mass is 512 g/mol. The third kappa shape index (κ3) is 7.24. The number of rotatable bonds is 7. The van der Waals surface area contributed by atoms with Gasteiger partial charge in [-0.15, -0.1) is 24.0 Å². The van der Waals surface area contributed by atoms with Gasteiger partial charge in [0.05, 0.1) is 11.4 Å². The number of nitrogens with zero attached hydrogens (tertiary/aromatic N) is 2. The van der Waals surface area contributed by atoms with Gasteiger partial charge in [-0.2, -0.15) is 11.8 Å². The zero-order valence-corrected chi connectivity index (χ0v) is 19.3. The molecule has 0 radical (unpaired) electrons. The fourth-order valence-electron chi connectivity index (χ4n) is 2.61. The molecular weight excluding hydrogens is 483 g/mol. The van der Waals surface area contributed by atoms with Gasteiger partial charge < -0.3 is 10.2 Å². The van der Waals surface area contributed by atoms with Crippen molar-refractivity contribution in [1.29, 1.82) is 0 Å². The summed E-state index contributed by atoms with van der Waals surface area (Å²) in [5.74, 6) is 1.98. The van der Waals surface area contributed by atoms with Crippen molar-refractivity contribution in [1.82, 2.24) is 14.9 Å². The molecule has 1 aliphatic rings. The topological polar surface area (TPSA) is 73.8 Å². The Morgan fingerprint density at radius 1 is 1.31 bits per heavy atom. The number of hydrogen-bond acceptors (Lipinski definition) is 4. The lowest BCUT2D eigenvalue weighted by Gasteiger charge is -2.34. The first kappa shape index (κ1) is 23.5. The van der Waals surface area contributed by atoms with E-state index in [4.69, 9.17) is 0 Å². The molecule has 9 heteroatoms. The minimum Gasteiger partial charge on any atom is -0.357 e. The van der Waals surface area contributed by atoms with Crippen LogP contribution >= 0.6 is 35.7 Å². The third-order valence-electron chi connectivity index (χ3n) is 3.95. The fourth-order valence-corrected chi connectivity index (χ4v) is 4.83. The SMILES string of the molecule is CCNC(=NCCNS(=O)(=O)c1ccccc1)N1CCSC(CC)C1.I. The molecule has 1 aromatic carbocycles. The summed E-state index contributed by atoms with van der Waals surface area (Å²) in [6.45, 7) is 7.72. The number of thioether (sulfide) groups is 1. The van der Waals surface area contributed by atoms with Crippen LogP contribution in [0.1, 0.15) is 20.3 Å². The van der Waals surface area contributed by atoms with Crippen molar-refractivity contribution < 1.29 is 8.42 Å². The van der Waals surface area contributed by atoms with Gasteiger partial charge in [0, 0.05) is 37.2 Å². The summed E-state index contributed by atoms with van der Waals surface area (Å²) in [7, 11) is -3.46. The van der Waals surface area contributed by atoms with Crippen molar-refractivity contribution in [2.45, 2.75) is 30.4 Å². The molecule has 2 rings (SSSR count). The maximum atomic E-state index is 12.2. The molecule has 0 aliphatic carbocycles. The zero-order valence-electron chi connectivity index (χ0n) is 15.3. The van der Waals surface area contributed by atoms with Gasteiger partial charge in [-0.25, -0.2) is 13.1 Å². The van der Waals surface area contributed by atoms with Crippen LogP contribution in [0.4, 0.5) is 0 Å². The van der Waals surface area contributed by atoms with Crippen LogP contribution in [0.3, 0.4) is 0 Å². The molecule has 0 amide bonds. The van der Waals surface area contributed by atoms with E-state index in [2.05, 4.69) is 26.9 Å². The highest BCUT2D eigenvalue weighted by Gasteiger charge is 2.21. The number of aliphatic imine (C=N–C) groups is 1. The van der Waals surface area contributed by atoms with Gasteiger partial charge in [-0.1, -0.05) is 25.1 Å². The maximum Gasteiger partial charge on any atom is 0.240 e. The lowest BCUT2D eigenvalue weighted by atomic mass is 10.3. The van der Waals surface area contributed by atoms with Crippen LogP contribution in [0.15, 0.2) is 40.2 Å². The summed E-state index contributed by atoms with van der Waals surface area (Å²) in [4.78, 5) is 7.16. The highest BCUT2D eigenvalue weighted by Crippen LogP contribution is 2.21. The van der Waals surface area contributed by atoms with Crippen LogP contribution < -0.4 is 10.0 Å². The standard InChI is InChI=1S/C17H28N4O2S2.HI/c1-3-15-14-21(12-13-24-15)17(18-4-2)19-10-11-20-25(22,23)16-8-6-5-7-9-16;/h5-9,15,20H,3-4,10-14H2,1-2H3,(H,18,19);1H. The second kappa shape index (κ2) is 12.0. The van der Waals surface area contributed by atoms with Crippen LogP contribution in [-0.4, -0.2) is 63.0 Å². The Balaban J connectivity index is 0.00000338. The molecular formula is C17H29IN4O2S2. The number of sulfonamides is 1. The Kier molecular flexibility index (Phi) is 10.9. The van der Waals surface area contributed by atoms with E-state index in [1.165, 1.54) is 0 Å². The van der Waals surface area contributed by atoms with Crippen LogP contribution in [0.2, 0.25) is 0 Å². The maximum absolute atomic E-state index is 12.2. The average molecular weight is 512 g/mol. The van der Waals surface area contributed by atoms with E-state index in [1.807, 2.05) is 18.7 Å². The van der Waals surface area contributed by atoms with E-state index < -0.39 is 10.0 Å². The molecule has 2 N–H and O–H groups in total. The molecule has 1 unspecified atom stereocenters. The normalized spacial score (nSPS) is 18.3. The van der Waals surface area contributed by atoms with Crippen molar-refractivity contribution in [3.05, 3.63) is 30.3 Å². The molecule has 26 heavy (non-hydrogen) atoms. The van der Waals surface area contributed by atoms with E-state index in [0.717, 1.165) is 37.8 Å². The third-order valence-corrected chi connectivity index (χ3v) is 6.80. The van der Waals surface area contributed by atoms with Gasteiger partial charge >= 0.3 is 0 Å². The molecule has 6 nitrogen and oxygen atoms in total. The molecule has 1 fully saturated rings. The van der Waals surface area contributed by atoms with E-state index in [9.17, 15) is 8.42 Å². The van der Waals surface area contributed by atoms with Crippen LogP contribution in [0.25, 0.3) is 0 Å². The number of guanidine groups is 1. The minimum absolute atomic E-state index is 0. The predicted octanol–water partition coefficient (Wildman–Crippen LogP) is 2.38. The quantitative estimate of drug-likeness (QED) is 0.254. The van der Waals surface area contributed by atoms with E-state index in [1.54, 1.807) is 30.3 Å². The zero-order chi connectivity index (χ0) is 18.1. The van der Waals surface area contributed by atoms with Crippen LogP contribution in [-0.2, 0) is 10.0 Å². The first-order chi connectivity index (χ1) is 12.1. The van der Waals surface area contributed by atoms with Gasteiger partial charge in [0.25, 0.3) is 0 Å². The number of halogens is 1. The molecule has 1 aromatic rings. The van der Waals surface area contributed by atoms with Crippen molar-refractivity contribution in [3.8, 4) is 0 Å². The second-order valence-corrected chi connectivity index (χ2v) is 8.97. The van der Waals surface area contributed by atoms with E-state index in [-0.39, 0.29) is 35.4 Å². The largest absolute Gasteiger partial charge is 0.357 e. The highest BCUT2D eigenvalue weighted by molar-refractivity contribution is 14.0. The van der Waals surface area contributed by atoms with E-state index in [0.29, 0.717) is 11.8 Å². The van der Waals surface area contributed by atoms with Gasteiger partial charge in [-0.3, -0.25) is 4.99 Å². The molecule has 1 atom stereocenters. The lowest BCUT2D eigenvalue weighted by molar-refractivity contribution is 0.408. The molecule has 0 spiro atoms. The Labute approximate surface area is 178 Å². The Hall–Kier alpha value is -0.520. The summed E-state index contributed by atoms with van der Waals surface area (Å²) >= 11 is 2.02. The van der Waals surface area contributed by atoms with Gasteiger partial charge in [0.1, 0.15) is 0 Å². The second-order valence-electron chi connectivity index (χ2n) is 5.79. The Morgan fingerprint density at radius 2 is 2.04 bits per heavy atom. The fraction of sp³-hybridized carbons (Fsp3) is 0.588. The summed E-state index contributed by atoms with van der Waals surface area (Å²) in [5, 5.41) is 3.95. The van der Waals surface area contributed by atoms with Crippen molar-refractivity contribution in [3.63, 3.8) is 0 Å². The molecule has 0 bridgehead atoms. The first-order valence-electron chi connectivity index (χ1n) is 8.76. The van der Waals surface area contributed by atoms with E-state index >= 15 is 0 Å². The summed E-state index contributed by atoms with van der Waals surface area (Å²) in [6, 6.07) is 8.41.